The van der Waals surface area contributed by atoms with Gasteiger partial charge in [0.2, 0.25) is 0 Å². The largest absolute Gasteiger partial charge is 0.457 e. The summed E-state index contributed by atoms with van der Waals surface area (Å²) in [6, 6.07) is 14.2. The molecule has 4 N–H and O–H groups in total. The molecule has 21 heavy (non-hydrogen) atoms. The fraction of sp³-hybridized carbons (Fsp3) is 0. The quantitative estimate of drug-likeness (QED) is 0.721. The Balaban J connectivity index is 1.94. The van der Waals surface area contributed by atoms with Crippen molar-refractivity contribution in [1.82, 2.24) is 4.98 Å². The first kappa shape index (κ1) is 12.9. The highest BCUT2D eigenvalue weighted by atomic mass is 16.5. The van der Waals surface area contributed by atoms with Gasteiger partial charge < -0.3 is 16.2 Å². The number of aromatic nitrogens is 1. The Morgan fingerprint density at radius 3 is 2.62 bits per heavy atom. The van der Waals surface area contributed by atoms with E-state index in [1.54, 1.807) is 18.3 Å². The third-order valence-electron chi connectivity index (χ3n) is 3.10. The number of rotatable bonds is 3. The fourth-order valence-corrected chi connectivity index (χ4v) is 2.06. The van der Waals surface area contributed by atoms with Gasteiger partial charge in [0.25, 0.3) is 5.91 Å². The lowest BCUT2D eigenvalue weighted by Gasteiger charge is -2.09. The molecule has 0 atom stereocenters. The fourth-order valence-electron chi connectivity index (χ4n) is 2.06. The summed E-state index contributed by atoms with van der Waals surface area (Å²) in [5.41, 5.74) is 12.4. The van der Waals surface area contributed by atoms with Crippen LogP contribution in [0, 0.1) is 0 Å². The first-order chi connectivity index (χ1) is 10.1. The highest BCUT2D eigenvalue weighted by Gasteiger charge is 2.08. The first-order valence-corrected chi connectivity index (χ1v) is 6.35. The Morgan fingerprint density at radius 1 is 1.05 bits per heavy atom. The standard InChI is InChI=1S/C16H13N3O2/c17-14-6-5-11(8-13(14)16(18)20)21-12-4-3-10-2-1-7-19-15(10)9-12/h1-9H,17H2,(H2,18,20). The molecule has 0 aliphatic rings. The molecule has 1 aromatic heterocycles. The molecule has 0 radical (unpaired) electrons. The van der Waals surface area contributed by atoms with Gasteiger partial charge in [0.05, 0.1) is 11.1 Å². The molecule has 0 bridgehead atoms. The summed E-state index contributed by atoms with van der Waals surface area (Å²) in [6.07, 6.45) is 1.72. The number of primary amides is 1. The summed E-state index contributed by atoms with van der Waals surface area (Å²) in [7, 11) is 0. The molecule has 3 rings (SSSR count). The van der Waals surface area contributed by atoms with E-state index in [9.17, 15) is 4.79 Å². The van der Waals surface area contributed by atoms with E-state index in [4.69, 9.17) is 16.2 Å². The summed E-state index contributed by atoms with van der Waals surface area (Å²) < 4.78 is 5.73. The zero-order valence-electron chi connectivity index (χ0n) is 11.1. The predicted octanol–water partition coefficient (Wildman–Crippen LogP) is 2.71. The molecular weight excluding hydrogens is 266 g/mol. The minimum absolute atomic E-state index is 0.242. The number of benzene rings is 2. The molecule has 0 fully saturated rings. The van der Waals surface area contributed by atoms with E-state index in [-0.39, 0.29) is 5.56 Å². The average molecular weight is 279 g/mol. The summed E-state index contributed by atoms with van der Waals surface area (Å²) in [5, 5.41) is 1.03. The van der Waals surface area contributed by atoms with Crippen molar-refractivity contribution in [3.8, 4) is 11.5 Å². The smallest absolute Gasteiger partial charge is 0.250 e. The zero-order valence-corrected chi connectivity index (χ0v) is 11.1. The molecule has 0 saturated heterocycles. The van der Waals surface area contributed by atoms with E-state index in [2.05, 4.69) is 4.98 Å². The third-order valence-corrected chi connectivity index (χ3v) is 3.10. The normalized spacial score (nSPS) is 10.5. The lowest BCUT2D eigenvalue weighted by Crippen LogP contribution is -2.13. The van der Waals surface area contributed by atoms with E-state index >= 15 is 0 Å². The van der Waals surface area contributed by atoms with Crippen LogP contribution < -0.4 is 16.2 Å². The molecule has 1 heterocycles. The van der Waals surface area contributed by atoms with Crippen molar-refractivity contribution < 1.29 is 9.53 Å². The minimum atomic E-state index is -0.585. The van der Waals surface area contributed by atoms with Crippen molar-refractivity contribution in [2.75, 3.05) is 5.73 Å². The van der Waals surface area contributed by atoms with Crippen molar-refractivity contribution in [3.63, 3.8) is 0 Å². The van der Waals surface area contributed by atoms with Gasteiger partial charge >= 0.3 is 0 Å². The number of ether oxygens (including phenoxy) is 1. The Hall–Kier alpha value is -3.08. The molecule has 0 unspecified atom stereocenters. The van der Waals surface area contributed by atoms with Gasteiger partial charge in [0.15, 0.2) is 0 Å². The van der Waals surface area contributed by atoms with Crippen LogP contribution in [0.4, 0.5) is 5.69 Å². The zero-order chi connectivity index (χ0) is 14.8. The van der Waals surface area contributed by atoms with E-state index in [1.807, 2.05) is 30.3 Å². The van der Waals surface area contributed by atoms with Gasteiger partial charge in [-0.2, -0.15) is 0 Å². The lowest BCUT2D eigenvalue weighted by atomic mass is 10.1. The van der Waals surface area contributed by atoms with Crippen LogP contribution >= 0.6 is 0 Å². The van der Waals surface area contributed by atoms with E-state index in [0.29, 0.717) is 17.2 Å². The second-order valence-electron chi connectivity index (χ2n) is 4.57. The van der Waals surface area contributed by atoms with Crippen LogP contribution in [-0.2, 0) is 0 Å². The van der Waals surface area contributed by atoms with Gasteiger partial charge in [0, 0.05) is 23.3 Å². The Labute approximate surface area is 121 Å². The van der Waals surface area contributed by atoms with Gasteiger partial charge in [-0.05, 0) is 36.4 Å². The van der Waals surface area contributed by atoms with Crippen molar-refractivity contribution in [2.45, 2.75) is 0 Å². The summed E-state index contributed by atoms with van der Waals surface area (Å²) in [4.78, 5) is 15.5. The summed E-state index contributed by atoms with van der Waals surface area (Å²) >= 11 is 0. The number of hydrogen-bond acceptors (Lipinski definition) is 4. The van der Waals surface area contributed by atoms with Crippen LogP contribution in [0.1, 0.15) is 10.4 Å². The number of anilines is 1. The van der Waals surface area contributed by atoms with E-state index < -0.39 is 5.91 Å². The van der Waals surface area contributed by atoms with Crippen LogP contribution in [0.15, 0.2) is 54.7 Å². The van der Waals surface area contributed by atoms with Gasteiger partial charge in [-0.3, -0.25) is 9.78 Å². The molecule has 104 valence electrons. The number of amides is 1. The lowest BCUT2D eigenvalue weighted by molar-refractivity contribution is 0.100. The second-order valence-corrected chi connectivity index (χ2v) is 4.57. The van der Waals surface area contributed by atoms with Crippen LogP contribution in [0.3, 0.4) is 0 Å². The Kier molecular flexibility index (Phi) is 3.16. The molecule has 5 heteroatoms. The highest BCUT2D eigenvalue weighted by molar-refractivity contribution is 5.98. The average Bonchev–Trinajstić information content (AvgIpc) is 2.49. The van der Waals surface area contributed by atoms with Gasteiger partial charge in [-0.25, -0.2) is 0 Å². The number of nitrogens with two attached hydrogens (primary N) is 2. The van der Waals surface area contributed by atoms with Crippen LogP contribution in [0.2, 0.25) is 0 Å². The van der Waals surface area contributed by atoms with Gasteiger partial charge in [-0.1, -0.05) is 6.07 Å². The number of fused-ring (bicyclic) bond motifs is 1. The van der Waals surface area contributed by atoms with E-state index in [1.165, 1.54) is 6.07 Å². The van der Waals surface area contributed by atoms with Crippen molar-refractivity contribution in [1.29, 1.82) is 0 Å². The molecule has 0 aliphatic heterocycles. The van der Waals surface area contributed by atoms with Gasteiger partial charge in [-0.15, -0.1) is 0 Å². The monoisotopic (exact) mass is 279 g/mol. The molecule has 0 spiro atoms. The Morgan fingerprint density at radius 2 is 1.81 bits per heavy atom. The summed E-state index contributed by atoms with van der Waals surface area (Å²) in [5.74, 6) is 0.535. The maximum absolute atomic E-state index is 11.3. The van der Waals surface area contributed by atoms with Crippen LogP contribution in [0.25, 0.3) is 10.9 Å². The SMILES string of the molecule is NC(=O)c1cc(Oc2ccc3cccnc3c2)ccc1N. The maximum Gasteiger partial charge on any atom is 0.250 e. The predicted molar refractivity (Wildman–Crippen MR) is 81.2 cm³/mol. The maximum atomic E-state index is 11.3. The number of pyridine rings is 1. The topological polar surface area (TPSA) is 91.2 Å². The molecule has 5 nitrogen and oxygen atoms in total. The number of carbonyl (C=O) groups excluding carboxylic acids is 1. The molecule has 1 amide bonds. The highest BCUT2D eigenvalue weighted by Crippen LogP contribution is 2.27. The van der Waals surface area contributed by atoms with Gasteiger partial charge in [0.1, 0.15) is 11.5 Å². The molecule has 0 saturated carbocycles. The van der Waals surface area contributed by atoms with Crippen molar-refractivity contribution in [3.05, 3.63) is 60.3 Å². The number of nitrogens with zero attached hydrogens (tertiary/aromatic N) is 1. The van der Waals surface area contributed by atoms with Crippen LogP contribution in [-0.4, -0.2) is 10.9 Å². The number of carbonyl (C=O) groups is 1. The minimum Gasteiger partial charge on any atom is -0.457 e. The molecule has 0 aliphatic carbocycles. The molecular formula is C16H13N3O2. The molecule has 3 aromatic rings. The third kappa shape index (κ3) is 2.62. The van der Waals surface area contributed by atoms with E-state index in [0.717, 1.165) is 10.9 Å². The number of hydrogen-bond donors (Lipinski definition) is 2. The van der Waals surface area contributed by atoms with Crippen LogP contribution in [0.5, 0.6) is 11.5 Å². The number of nitrogen functional groups attached to an aromatic ring is 1. The second kappa shape index (κ2) is 5.13. The Bertz CT molecular complexity index is 831. The molecule has 2 aromatic carbocycles. The first-order valence-electron chi connectivity index (χ1n) is 6.35. The van der Waals surface area contributed by atoms with Crippen molar-refractivity contribution in [2.24, 2.45) is 5.73 Å². The summed E-state index contributed by atoms with van der Waals surface area (Å²) in [6.45, 7) is 0. The van der Waals surface area contributed by atoms with Crippen molar-refractivity contribution >= 4 is 22.5 Å².